The average Bonchev–Trinajstić information content (AvgIpc) is 2.31. The second-order valence-electron chi connectivity index (χ2n) is 3.29. The monoisotopic (exact) mass is 270 g/mol. The Bertz CT molecular complexity index is 273. The zero-order chi connectivity index (χ0) is 15.8. The van der Waals surface area contributed by atoms with E-state index in [1.165, 1.54) is 13.8 Å². The second-order valence-corrected chi connectivity index (χ2v) is 3.29. The van der Waals surface area contributed by atoms with Gasteiger partial charge in [-0.15, -0.1) is 13.2 Å². The molecule has 0 saturated carbocycles. The summed E-state index contributed by atoms with van der Waals surface area (Å²) >= 11 is 0. The minimum atomic E-state index is -0.935. The topological polar surface area (TPSA) is 83.8 Å². The van der Waals surface area contributed by atoms with Gasteiger partial charge < -0.3 is 14.9 Å². The molecule has 0 fully saturated rings. The fraction of sp³-hybridized carbons (Fsp3) is 0.286. The van der Waals surface area contributed by atoms with E-state index in [4.69, 9.17) is 14.9 Å². The first-order valence-electron chi connectivity index (χ1n) is 5.27. The van der Waals surface area contributed by atoms with Crippen LogP contribution in [0, 0.1) is 0 Å². The minimum Gasteiger partial charge on any atom is -0.478 e. The number of aliphatic carboxylic acids is 2. The molecule has 2 N–H and O–H groups in total. The number of carboxylic acids is 2. The molecule has 0 spiro atoms. The van der Waals surface area contributed by atoms with E-state index in [1.807, 2.05) is 0 Å². The standard InChI is InChI=1S/C6H10O.2C4H6O2/c1-3-5-7-6-4-2;2*1-3(2)4(5)6/h3-4H,1-2,5-6H2;2*1H2,2H3,(H,5,6). The van der Waals surface area contributed by atoms with Gasteiger partial charge in [-0.05, 0) is 13.8 Å². The Balaban J connectivity index is -0.000000203. The van der Waals surface area contributed by atoms with E-state index in [0.717, 1.165) is 0 Å². The summed E-state index contributed by atoms with van der Waals surface area (Å²) in [5, 5.41) is 15.8. The maximum Gasteiger partial charge on any atom is 0.330 e. The molecule has 0 saturated heterocycles. The number of ether oxygens (including phenoxy) is 1. The van der Waals surface area contributed by atoms with E-state index in [0.29, 0.717) is 13.2 Å². The molecule has 0 aromatic carbocycles. The zero-order valence-electron chi connectivity index (χ0n) is 11.5. The van der Waals surface area contributed by atoms with Gasteiger partial charge in [-0.2, -0.15) is 0 Å². The van der Waals surface area contributed by atoms with Crippen molar-refractivity contribution in [1.82, 2.24) is 0 Å². The Hall–Kier alpha value is -2.14. The van der Waals surface area contributed by atoms with Crippen LogP contribution in [0.3, 0.4) is 0 Å². The lowest BCUT2D eigenvalue weighted by Crippen LogP contribution is -1.92. The van der Waals surface area contributed by atoms with Gasteiger partial charge in [0.2, 0.25) is 0 Å². The van der Waals surface area contributed by atoms with Gasteiger partial charge in [0.15, 0.2) is 0 Å². The predicted octanol–water partition coefficient (Wildman–Crippen LogP) is 2.67. The Labute approximate surface area is 114 Å². The first-order chi connectivity index (χ1) is 8.70. The molecule has 0 aromatic heterocycles. The summed E-state index contributed by atoms with van der Waals surface area (Å²) in [7, 11) is 0. The van der Waals surface area contributed by atoms with E-state index in [-0.39, 0.29) is 11.1 Å². The molecule has 0 aliphatic heterocycles. The van der Waals surface area contributed by atoms with E-state index < -0.39 is 11.9 Å². The third-order valence-electron chi connectivity index (χ3n) is 1.20. The molecule has 0 bridgehead atoms. The van der Waals surface area contributed by atoms with Gasteiger partial charge in [-0.1, -0.05) is 25.3 Å². The van der Waals surface area contributed by atoms with Crippen molar-refractivity contribution in [2.24, 2.45) is 0 Å². The van der Waals surface area contributed by atoms with E-state index >= 15 is 0 Å². The Kier molecular flexibility index (Phi) is 18.4. The third-order valence-corrected chi connectivity index (χ3v) is 1.20. The first kappa shape index (κ1) is 22.1. The zero-order valence-corrected chi connectivity index (χ0v) is 11.5. The second kappa shape index (κ2) is 15.9. The molecule has 0 aliphatic carbocycles. The van der Waals surface area contributed by atoms with Crippen LogP contribution in [0.1, 0.15) is 13.8 Å². The molecule has 0 unspecified atom stereocenters. The first-order valence-corrected chi connectivity index (χ1v) is 5.27. The van der Waals surface area contributed by atoms with Crippen molar-refractivity contribution in [1.29, 1.82) is 0 Å². The normalized spacial score (nSPS) is 7.68. The van der Waals surface area contributed by atoms with Crippen molar-refractivity contribution < 1.29 is 24.5 Å². The highest BCUT2D eigenvalue weighted by Crippen LogP contribution is 1.81. The summed E-state index contributed by atoms with van der Waals surface area (Å²) in [5.41, 5.74) is 0.352. The molecule has 0 atom stereocenters. The summed E-state index contributed by atoms with van der Waals surface area (Å²) in [6.45, 7) is 17.4. The van der Waals surface area contributed by atoms with E-state index in [9.17, 15) is 9.59 Å². The number of carboxylic acid groups (broad SMARTS) is 2. The molecule has 0 aliphatic rings. The van der Waals surface area contributed by atoms with Crippen LogP contribution in [0.2, 0.25) is 0 Å². The van der Waals surface area contributed by atoms with Crippen LogP contribution in [0.4, 0.5) is 0 Å². The van der Waals surface area contributed by atoms with Gasteiger partial charge >= 0.3 is 11.9 Å². The smallest absolute Gasteiger partial charge is 0.330 e. The lowest BCUT2D eigenvalue weighted by Gasteiger charge is -1.89. The molecule has 0 amide bonds. The maximum absolute atomic E-state index is 9.60. The van der Waals surface area contributed by atoms with Crippen LogP contribution in [-0.2, 0) is 14.3 Å². The average molecular weight is 270 g/mol. The number of rotatable bonds is 6. The van der Waals surface area contributed by atoms with Gasteiger partial charge in [-0.3, -0.25) is 0 Å². The fourth-order valence-corrected chi connectivity index (χ4v) is 0.235. The largest absolute Gasteiger partial charge is 0.478 e. The van der Waals surface area contributed by atoms with E-state index in [2.05, 4.69) is 26.3 Å². The number of carbonyl (C=O) groups is 2. The Morgan fingerprint density at radius 2 is 1.16 bits per heavy atom. The molecular formula is C14H22O5. The molecule has 108 valence electrons. The lowest BCUT2D eigenvalue weighted by molar-refractivity contribution is -0.133. The summed E-state index contributed by atoms with van der Waals surface area (Å²) in [6.07, 6.45) is 3.42. The van der Waals surface area contributed by atoms with Crippen molar-refractivity contribution in [2.45, 2.75) is 13.8 Å². The van der Waals surface area contributed by atoms with E-state index in [1.54, 1.807) is 12.2 Å². The predicted molar refractivity (Wildman–Crippen MR) is 76.1 cm³/mol. The Morgan fingerprint density at radius 1 is 0.947 bits per heavy atom. The highest BCUT2D eigenvalue weighted by molar-refractivity contribution is 5.85. The molecule has 0 aromatic rings. The van der Waals surface area contributed by atoms with Crippen LogP contribution in [0.5, 0.6) is 0 Å². The van der Waals surface area contributed by atoms with Gasteiger partial charge in [0.05, 0.1) is 13.2 Å². The van der Waals surface area contributed by atoms with Crippen molar-refractivity contribution in [2.75, 3.05) is 13.2 Å². The maximum atomic E-state index is 9.60. The van der Waals surface area contributed by atoms with Gasteiger partial charge in [0.25, 0.3) is 0 Å². The Morgan fingerprint density at radius 3 is 1.26 bits per heavy atom. The fourth-order valence-electron chi connectivity index (χ4n) is 0.235. The number of hydrogen-bond donors (Lipinski definition) is 2. The lowest BCUT2D eigenvalue weighted by atomic mass is 10.4. The quantitative estimate of drug-likeness (QED) is 0.440. The molecule has 0 heterocycles. The highest BCUT2D eigenvalue weighted by Gasteiger charge is 1.90. The SMILES string of the molecule is C=C(C)C(=O)O.C=C(C)C(=O)O.C=CCOCC=C. The van der Waals surface area contributed by atoms with Gasteiger partial charge in [-0.25, -0.2) is 9.59 Å². The minimum absolute atomic E-state index is 0.176. The summed E-state index contributed by atoms with van der Waals surface area (Å²) in [5.74, 6) is -1.87. The molecule has 19 heavy (non-hydrogen) atoms. The van der Waals surface area contributed by atoms with Crippen molar-refractivity contribution in [3.63, 3.8) is 0 Å². The third kappa shape index (κ3) is 31.3. The van der Waals surface area contributed by atoms with Crippen molar-refractivity contribution in [3.8, 4) is 0 Å². The number of hydrogen-bond acceptors (Lipinski definition) is 3. The van der Waals surface area contributed by atoms with Crippen molar-refractivity contribution in [3.05, 3.63) is 49.6 Å². The van der Waals surface area contributed by atoms with Crippen molar-refractivity contribution >= 4 is 11.9 Å². The summed E-state index contributed by atoms with van der Waals surface area (Å²) < 4.78 is 4.90. The molecule has 0 radical (unpaired) electrons. The van der Waals surface area contributed by atoms with Crippen LogP contribution in [-0.4, -0.2) is 35.4 Å². The molecule has 0 rings (SSSR count). The molecule has 5 heteroatoms. The summed E-state index contributed by atoms with van der Waals surface area (Å²) in [4.78, 5) is 19.2. The van der Waals surface area contributed by atoms with Gasteiger partial charge in [0, 0.05) is 11.1 Å². The molecular weight excluding hydrogens is 248 g/mol. The van der Waals surface area contributed by atoms with Crippen LogP contribution in [0.15, 0.2) is 49.6 Å². The van der Waals surface area contributed by atoms with Crippen LogP contribution < -0.4 is 0 Å². The summed E-state index contributed by atoms with van der Waals surface area (Å²) in [6, 6.07) is 0. The van der Waals surface area contributed by atoms with Crippen LogP contribution >= 0.6 is 0 Å². The van der Waals surface area contributed by atoms with Crippen LogP contribution in [0.25, 0.3) is 0 Å². The molecule has 5 nitrogen and oxygen atoms in total. The highest BCUT2D eigenvalue weighted by atomic mass is 16.5. The van der Waals surface area contributed by atoms with Gasteiger partial charge in [0.1, 0.15) is 0 Å².